The molecule has 1 spiro atoms. The minimum absolute atomic E-state index is 0.0300. The van der Waals surface area contributed by atoms with Crippen LogP contribution in [0.3, 0.4) is 0 Å². The van der Waals surface area contributed by atoms with E-state index in [9.17, 15) is 4.79 Å². The van der Waals surface area contributed by atoms with Gasteiger partial charge in [0.1, 0.15) is 11.4 Å². The van der Waals surface area contributed by atoms with Gasteiger partial charge < -0.3 is 15.0 Å². The molecule has 4 rings (SSSR count). The number of hydrogen-bond donors (Lipinski definition) is 1. The quantitative estimate of drug-likeness (QED) is 0.785. The number of likely N-dealkylation sites (tertiary alicyclic amines) is 1. The summed E-state index contributed by atoms with van der Waals surface area (Å²) >= 11 is 0. The van der Waals surface area contributed by atoms with Gasteiger partial charge in [0.25, 0.3) is 5.91 Å². The highest BCUT2D eigenvalue weighted by Gasteiger charge is 2.47. The fourth-order valence-electron chi connectivity index (χ4n) is 4.37. The maximum atomic E-state index is 13.5. The summed E-state index contributed by atoms with van der Waals surface area (Å²) < 4.78 is 5.29. The number of carbonyl (C=O) groups excluding carboxylic acids is 1. The number of methoxy groups -OCH3 is 1. The Hall–Kier alpha value is -3.04. The summed E-state index contributed by atoms with van der Waals surface area (Å²) in [5.41, 5.74) is 2.02. The summed E-state index contributed by atoms with van der Waals surface area (Å²) in [5.74, 6) is 0.801. The lowest BCUT2D eigenvalue weighted by molar-refractivity contribution is 0.0908. The average molecular weight is 390 g/mol. The zero-order valence-electron chi connectivity index (χ0n) is 16.7. The number of nitriles is 1. The van der Waals surface area contributed by atoms with Crippen molar-refractivity contribution in [1.82, 2.24) is 4.90 Å². The van der Waals surface area contributed by atoms with Gasteiger partial charge in [0.05, 0.1) is 18.7 Å². The fourth-order valence-corrected chi connectivity index (χ4v) is 4.37. The second-order valence-corrected chi connectivity index (χ2v) is 7.64. The van der Waals surface area contributed by atoms with Crippen molar-refractivity contribution < 1.29 is 9.53 Å². The third kappa shape index (κ3) is 3.66. The molecule has 2 aromatic carbocycles. The number of nitrogens with zero attached hydrogens (tertiary/aromatic N) is 3. The number of rotatable bonds is 5. The molecule has 150 valence electrons. The number of amides is 1. The maximum Gasteiger partial charge on any atom is 0.262 e. The third-order valence-electron chi connectivity index (χ3n) is 5.93. The normalized spacial score (nSPS) is 18.1. The molecule has 0 atom stereocenters. The number of unbranched alkanes of at least 4 members (excludes halogenated alkanes) is 1. The molecule has 1 fully saturated rings. The number of fused-ring (bicyclic) bond motifs is 1. The van der Waals surface area contributed by atoms with Crippen molar-refractivity contribution in [2.75, 3.05) is 37.0 Å². The molecular formula is C23H26N4O2. The molecule has 1 amide bonds. The number of hydrogen-bond acceptors (Lipinski definition) is 5. The van der Waals surface area contributed by atoms with E-state index < -0.39 is 5.66 Å². The van der Waals surface area contributed by atoms with Crippen LogP contribution in [-0.2, 0) is 0 Å². The molecule has 2 aliphatic heterocycles. The molecule has 6 heteroatoms. The van der Waals surface area contributed by atoms with Crippen LogP contribution < -0.4 is 15.0 Å². The number of piperidine rings is 1. The number of anilines is 2. The molecule has 1 N–H and O–H groups in total. The molecule has 0 radical (unpaired) electrons. The van der Waals surface area contributed by atoms with Crippen molar-refractivity contribution in [3.63, 3.8) is 0 Å². The molecule has 2 aliphatic rings. The van der Waals surface area contributed by atoms with E-state index in [-0.39, 0.29) is 5.91 Å². The van der Waals surface area contributed by atoms with Crippen molar-refractivity contribution in [1.29, 1.82) is 5.26 Å². The van der Waals surface area contributed by atoms with Crippen LogP contribution in [0.1, 0.15) is 36.0 Å². The third-order valence-corrected chi connectivity index (χ3v) is 5.93. The first-order valence-electron chi connectivity index (χ1n) is 10.1. The van der Waals surface area contributed by atoms with Gasteiger partial charge in [0.15, 0.2) is 0 Å². The van der Waals surface area contributed by atoms with Crippen LogP contribution in [0.2, 0.25) is 0 Å². The van der Waals surface area contributed by atoms with Gasteiger partial charge in [-0.25, -0.2) is 0 Å². The number of para-hydroxylation sites is 1. The molecule has 0 unspecified atom stereocenters. The van der Waals surface area contributed by atoms with Gasteiger partial charge in [-0.15, -0.1) is 0 Å². The molecule has 2 aromatic rings. The summed E-state index contributed by atoms with van der Waals surface area (Å²) in [6, 6.07) is 17.6. The zero-order chi connectivity index (χ0) is 20.3. The molecule has 0 aliphatic carbocycles. The largest absolute Gasteiger partial charge is 0.497 e. The predicted molar refractivity (Wildman–Crippen MR) is 113 cm³/mol. The average Bonchev–Trinajstić information content (AvgIpc) is 2.76. The highest BCUT2D eigenvalue weighted by atomic mass is 16.5. The minimum Gasteiger partial charge on any atom is -0.497 e. The molecule has 29 heavy (non-hydrogen) atoms. The van der Waals surface area contributed by atoms with Crippen LogP contribution in [0.4, 0.5) is 11.4 Å². The van der Waals surface area contributed by atoms with Crippen LogP contribution >= 0.6 is 0 Å². The van der Waals surface area contributed by atoms with Gasteiger partial charge >= 0.3 is 0 Å². The van der Waals surface area contributed by atoms with Gasteiger partial charge in [-0.2, -0.15) is 5.26 Å². The molecular weight excluding hydrogens is 364 g/mol. The molecule has 6 nitrogen and oxygen atoms in total. The van der Waals surface area contributed by atoms with Crippen molar-refractivity contribution in [2.45, 2.75) is 31.3 Å². The summed E-state index contributed by atoms with van der Waals surface area (Å²) in [7, 11) is 1.64. The molecule has 0 saturated carbocycles. The number of nitrogens with one attached hydrogen (secondary N) is 1. The lowest BCUT2D eigenvalue weighted by Crippen LogP contribution is -2.64. The molecule has 2 heterocycles. The second kappa shape index (κ2) is 8.14. The minimum atomic E-state index is -0.453. The first kappa shape index (κ1) is 19.3. The van der Waals surface area contributed by atoms with Crippen LogP contribution in [-0.4, -0.2) is 43.2 Å². The van der Waals surface area contributed by atoms with Gasteiger partial charge in [-0.05, 0) is 49.4 Å². The van der Waals surface area contributed by atoms with E-state index in [1.165, 1.54) is 0 Å². The Morgan fingerprint density at radius 2 is 1.86 bits per heavy atom. The van der Waals surface area contributed by atoms with Crippen LogP contribution in [0.25, 0.3) is 0 Å². The Kier molecular flexibility index (Phi) is 5.41. The fraction of sp³-hybridized carbons (Fsp3) is 0.391. The van der Waals surface area contributed by atoms with Crippen molar-refractivity contribution >= 4 is 17.3 Å². The number of benzene rings is 2. The van der Waals surface area contributed by atoms with E-state index >= 15 is 0 Å². The Morgan fingerprint density at radius 1 is 1.14 bits per heavy atom. The van der Waals surface area contributed by atoms with Crippen LogP contribution in [0.15, 0.2) is 48.5 Å². The van der Waals surface area contributed by atoms with E-state index in [0.717, 1.165) is 56.0 Å². The summed E-state index contributed by atoms with van der Waals surface area (Å²) in [6.45, 7) is 2.71. The van der Waals surface area contributed by atoms with Crippen molar-refractivity contribution in [3.8, 4) is 11.8 Å². The SMILES string of the molecule is COc1ccc(N2C(=O)c3ccccc3NC23CCN(CCCC#N)CC3)cc1. The Balaban J connectivity index is 1.65. The van der Waals surface area contributed by atoms with Gasteiger partial charge in [-0.3, -0.25) is 9.69 Å². The monoisotopic (exact) mass is 390 g/mol. The summed E-state index contributed by atoms with van der Waals surface area (Å²) in [6.07, 6.45) is 3.13. The molecule has 0 bridgehead atoms. The highest BCUT2D eigenvalue weighted by molar-refractivity contribution is 6.12. The summed E-state index contributed by atoms with van der Waals surface area (Å²) in [4.78, 5) is 17.9. The zero-order valence-corrected chi connectivity index (χ0v) is 16.7. The Labute approximate surface area is 171 Å². The van der Waals surface area contributed by atoms with Gasteiger partial charge in [-0.1, -0.05) is 12.1 Å². The van der Waals surface area contributed by atoms with Crippen molar-refractivity contribution in [3.05, 3.63) is 54.1 Å². The lowest BCUT2D eigenvalue weighted by Gasteiger charge is -2.52. The number of carbonyl (C=O) groups is 1. The topological polar surface area (TPSA) is 68.6 Å². The Bertz CT molecular complexity index is 911. The van der Waals surface area contributed by atoms with Crippen LogP contribution in [0.5, 0.6) is 5.75 Å². The van der Waals surface area contributed by atoms with Crippen molar-refractivity contribution in [2.24, 2.45) is 0 Å². The molecule has 0 aromatic heterocycles. The van der Waals surface area contributed by atoms with E-state index in [4.69, 9.17) is 10.00 Å². The first-order valence-corrected chi connectivity index (χ1v) is 10.1. The van der Waals surface area contributed by atoms with Crippen LogP contribution in [0, 0.1) is 11.3 Å². The highest BCUT2D eigenvalue weighted by Crippen LogP contribution is 2.41. The predicted octanol–water partition coefficient (Wildman–Crippen LogP) is 3.86. The van der Waals surface area contributed by atoms with Gasteiger partial charge in [0.2, 0.25) is 0 Å². The second-order valence-electron chi connectivity index (χ2n) is 7.64. The van der Waals surface area contributed by atoms with E-state index in [2.05, 4.69) is 16.3 Å². The molecule has 1 saturated heterocycles. The van der Waals surface area contributed by atoms with E-state index in [1.54, 1.807) is 7.11 Å². The maximum absolute atomic E-state index is 13.5. The summed E-state index contributed by atoms with van der Waals surface area (Å²) in [5, 5.41) is 12.5. The van der Waals surface area contributed by atoms with Gasteiger partial charge in [0, 0.05) is 43.7 Å². The standard InChI is InChI=1S/C23H26N4O2/c1-29-19-10-8-18(9-11-19)27-22(28)20-6-2-3-7-21(20)25-23(27)12-16-26(17-13-23)15-5-4-14-24/h2-3,6-11,25H,4-5,12-13,15-17H2,1H3. The Morgan fingerprint density at radius 3 is 2.55 bits per heavy atom. The number of ether oxygens (including phenoxy) is 1. The van der Waals surface area contributed by atoms with E-state index in [1.807, 2.05) is 53.4 Å². The van der Waals surface area contributed by atoms with E-state index in [0.29, 0.717) is 12.0 Å². The lowest BCUT2D eigenvalue weighted by atomic mass is 9.89. The first-order chi connectivity index (χ1) is 14.2. The smallest absolute Gasteiger partial charge is 0.262 e.